The fourth-order valence-corrected chi connectivity index (χ4v) is 2.56. The summed E-state index contributed by atoms with van der Waals surface area (Å²) in [6.45, 7) is 2.19. The zero-order valence-electron chi connectivity index (χ0n) is 11.1. The van der Waals surface area contributed by atoms with Gasteiger partial charge in [0.15, 0.2) is 0 Å². The van der Waals surface area contributed by atoms with Gasteiger partial charge in [-0.25, -0.2) is 0 Å². The standard InChI is InChI=1S/C16H19BO/c1-2-13-16(18-17,14-9-5-3-6-10-14)15-11-7-4-8-12-15/h3-12H,2,13,17H2,1H3. The molecule has 0 saturated heterocycles. The summed E-state index contributed by atoms with van der Waals surface area (Å²) < 4.78 is 5.95. The Morgan fingerprint density at radius 2 is 1.33 bits per heavy atom. The molecule has 0 aliphatic heterocycles. The number of hydrogen-bond acceptors (Lipinski definition) is 1. The van der Waals surface area contributed by atoms with E-state index in [1.807, 2.05) is 12.1 Å². The largest absolute Gasteiger partial charge is 0.431 e. The second-order valence-corrected chi connectivity index (χ2v) is 4.51. The summed E-state index contributed by atoms with van der Waals surface area (Å²) in [7, 11) is 1.80. The maximum absolute atomic E-state index is 5.95. The van der Waals surface area contributed by atoms with Gasteiger partial charge in [-0.15, -0.1) is 0 Å². The molecule has 0 radical (unpaired) electrons. The van der Waals surface area contributed by atoms with E-state index in [0.717, 1.165) is 12.8 Å². The van der Waals surface area contributed by atoms with Crippen molar-refractivity contribution in [1.82, 2.24) is 0 Å². The number of hydrogen-bond donors (Lipinski definition) is 0. The lowest BCUT2D eigenvalue weighted by molar-refractivity contribution is 0.113. The van der Waals surface area contributed by atoms with Crippen LogP contribution < -0.4 is 0 Å². The van der Waals surface area contributed by atoms with Crippen molar-refractivity contribution in [3.63, 3.8) is 0 Å². The van der Waals surface area contributed by atoms with E-state index in [1.165, 1.54) is 11.1 Å². The van der Waals surface area contributed by atoms with E-state index in [9.17, 15) is 0 Å². The highest BCUT2D eigenvalue weighted by atomic mass is 16.4. The minimum atomic E-state index is -0.322. The van der Waals surface area contributed by atoms with Gasteiger partial charge in [0.2, 0.25) is 0 Å². The second-order valence-electron chi connectivity index (χ2n) is 4.51. The Bertz CT molecular complexity index is 427. The lowest BCUT2D eigenvalue weighted by atomic mass is 9.82. The van der Waals surface area contributed by atoms with E-state index < -0.39 is 0 Å². The molecule has 1 nitrogen and oxygen atoms in total. The van der Waals surface area contributed by atoms with Gasteiger partial charge in [-0.1, -0.05) is 74.0 Å². The minimum Gasteiger partial charge on any atom is -0.431 e. The Morgan fingerprint density at radius 1 is 0.889 bits per heavy atom. The molecular weight excluding hydrogens is 219 g/mol. The summed E-state index contributed by atoms with van der Waals surface area (Å²) in [5.41, 5.74) is 2.12. The first kappa shape index (κ1) is 12.9. The van der Waals surface area contributed by atoms with Crippen LogP contribution in [0.4, 0.5) is 0 Å². The third-order valence-electron chi connectivity index (χ3n) is 3.43. The van der Waals surface area contributed by atoms with Gasteiger partial charge in [-0.2, -0.15) is 0 Å². The second kappa shape index (κ2) is 5.88. The summed E-state index contributed by atoms with van der Waals surface area (Å²) in [6.07, 6.45) is 2.06. The molecule has 0 aromatic heterocycles. The molecule has 0 bridgehead atoms. The lowest BCUT2D eigenvalue weighted by Gasteiger charge is -2.34. The first-order valence-electron chi connectivity index (χ1n) is 6.49. The molecule has 92 valence electrons. The van der Waals surface area contributed by atoms with E-state index in [1.54, 1.807) is 8.05 Å². The van der Waals surface area contributed by atoms with Crippen LogP contribution in [-0.2, 0) is 10.3 Å². The van der Waals surface area contributed by atoms with Crippen molar-refractivity contribution in [2.45, 2.75) is 25.4 Å². The van der Waals surface area contributed by atoms with E-state index in [0.29, 0.717) is 0 Å². The molecule has 0 atom stereocenters. The number of benzene rings is 2. The molecule has 0 N–H and O–H groups in total. The molecule has 2 aromatic carbocycles. The Hall–Kier alpha value is -1.54. The maximum atomic E-state index is 5.95. The fraction of sp³-hybridized carbons (Fsp3) is 0.250. The highest BCUT2D eigenvalue weighted by Gasteiger charge is 2.32. The van der Waals surface area contributed by atoms with E-state index >= 15 is 0 Å². The summed E-state index contributed by atoms with van der Waals surface area (Å²) in [5.74, 6) is 0. The molecule has 2 aromatic rings. The van der Waals surface area contributed by atoms with Crippen molar-refractivity contribution in [1.29, 1.82) is 0 Å². The van der Waals surface area contributed by atoms with Crippen molar-refractivity contribution in [2.24, 2.45) is 0 Å². The van der Waals surface area contributed by atoms with Crippen molar-refractivity contribution >= 4 is 8.05 Å². The molecule has 0 aliphatic carbocycles. The van der Waals surface area contributed by atoms with Gasteiger partial charge in [0, 0.05) is 0 Å². The monoisotopic (exact) mass is 238 g/mol. The first-order chi connectivity index (χ1) is 8.83. The van der Waals surface area contributed by atoms with Gasteiger partial charge in [0.05, 0.1) is 0 Å². The van der Waals surface area contributed by atoms with Crippen LogP contribution in [0, 0.1) is 0 Å². The van der Waals surface area contributed by atoms with Gasteiger partial charge >= 0.3 is 0 Å². The Balaban J connectivity index is 2.53. The molecular formula is C16H19BO. The van der Waals surface area contributed by atoms with Gasteiger partial charge < -0.3 is 4.65 Å². The molecule has 0 unspecified atom stereocenters. The molecule has 2 heteroatoms. The predicted octanol–water partition coefficient (Wildman–Crippen LogP) is 3.30. The zero-order valence-corrected chi connectivity index (χ0v) is 11.1. The number of rotatable bonds is 5. The average Bonchev–Trinajstić information content (AvgIpc) is 2.47. The molecule has 0 saturated carbocycles. The van der Waals surface area contributed by atoms with Crippen LogP contribution in [0.5, 0.6) is 0 Å². The van der Waals surface area contributed by atoms with Crippen molar-refractivity contribution in [3.8, 4) is 0 Å². The first-order valence-corrected chi connectivity index (χ1v) is 6.49. The molecule has 2 rings (SSSR count). The highest BCUT2D eigenvalue weighted by Crippen LogP contribution is 2.37. The predicted molar refractivity (Wildman–Crippen MR) is 78.2 cm³/mol. The lowest BCUT2D eigenvalue weighted by Crippen LogP contribution is -2.30. The molecule has 0 aliphatic rings. The van der Waals surface area contributed by atoms with Crippen molar-refractivity contribution in [3.05, 3.63) is 71.8 Å². The minimum absolute atomic E-state index is 0.322. The van der Waals surface area contributed by atoms with Crippen LogP contribution in [0.2, 0.25) is 0 Å². The Morgan fingerprint density at radius 3 is 1.67 bits per heavy atom. The van der Waals surface area contributed by atoms with Crippen LogP contribution in [0.3, 0.4) is 0 Å². The molecule has 0 spiro atoms. The smallest absolute Gasteiger partial charge is 0.258 e. The van der Waals surface area contributed by atoms with Crippen LogP contribution in [0.25, 0.3) is 0 Å². The summed E-state index contributed by atoms with van der Waals surface area (Å²) >= 11 is 0. The summed E-state index contributed by atoms with van der Waals surface area (Å²) in [4.78, 5) is 0. The van der Waals surface area contributed by atoms with Crippen LogP contribution in [0.15, 0.2) is 60.7 Å². The van der Waals surface area contributed by atoms with E-state index in [-0.39, 0.29) is 5.60 Å². The third kappa shape index (κ3) is 2.34. The Kier molecular flexibility index (Phi) is 4.21. The molecule has 0 amide bonds. The van der Waals surface area contributed by atoms with Crippen LogP contribution in [0.1, 0.15) is 30.9 Å². The molecule has 18 heavy (non-hydrogen) atoms. The SMILES string of the molecule is BOC(CCC)(c1ccccc1)c1ccccc1. The van der Waals surface area contributed by atoms with Crippen molar-refractivity contribution in [2.75, 3.05) is 0 Å². The summed E-state index contributed by atoms with van der Waals surface area (Å²) in [6, 6.07) is 20.9. The van der Waals surface area contributed by atoms with Crippen LogP contribution >= 0.6 is 0 Å². The van der Waals surface area contributed by atoms with Gasteiger partial charge in [-0.05, 0) is 17.5 Å². The average molecular weight is 238 g/mol. The van der Waals surface area contributed by atoms with Crippen LogP contribution in [-0.4, -0.2) is 8.05 Å². The van der Waals surface area contributed by atoms with Gasteiger partial charge in [0.25, 0.3) is 8.05 Å². The summed E-state index contributed by atoms with van der Waals surface area (Å²) in [5, 5.41) is 0. The molecule has 0 heterocycles. The fourth-order valence-electron chi connectivity index (χ4n) is 2.56. The Labute approximate surface area is 110 Å². The van der Waals surface area contributed by atoms with E-state index in [2.05, 4.69) is 55.5 Å². The maximum Gasteiger partial charge on any atom is 0.258 e. The topological polar surface area (TPSA) is 9.23 Å². The zero-order chi connectivity index (χ0) is 12.8. The normalized spacial score (nSPS) is 11.4. The van der Waals surface area contributed by atoms with Crippen molar-refractivity contribution < 1.29 is 4.65 Å². The molecule has 0 fully saturated rings. The quantitative estimate of drug-likeness (QED) is 0.726. The third-order valence-corrected chi connectivity index (χ3v) is 3.43. The van der Waals surface area contributed by atoms with Gasteiger partial charge in [0.1, 0.15) is 5.60 Å². The highest BCUT2D eigenvalue weighted by molar-refractivity contribution is 5.98. The van der Waals surface area contributed by atoms with E-state index in [4.69, 9.17) is 4.65 Å². The van der Waals surface area contributed by atoms with Gasteiger partial charge in [-0.3, -0.25) is 0 Å².